The van der Waals surface area contributed by atoms with Gasteiger partial charge in [-0.1, -0.05) is 440 Å². The van der Waals surface area contributed by atoms with Gasteiger partial charge in [-0.3, -0.25) is 37.3 Å². The van der Waals surface area contributed by atoms with Crippen molar-refractivity contribution in [3.05, 3.63) is 0 Å². The first kappa shape index (κ1) is 109. The summed E-state index contributed by atoms with van der Waals surface area (Å²) < 4.78 is 69.1. The summed E-state index contributed by atoms with van der Waals surface area (Å²) in [4.78, 5) is 73.5. The van der Waals surface area contributed by atoms with E-state index in [1.807, 2.05) is 0 Å². The SMILES string of the molecule is CCCCCCCCCCCCCCCCCCCCCCCC(=O)OC[C@H](COP(=O)(O)OC[C@@H](O)COP(=O)(O)OC[C@@H](COC(=O)CCCCCCCCCCC(C)CC)OC(=O)CCCCCCCCCCCCCCCC(C)C)OC(=O)CCCCCCCCCCCCCCCCCCCCC(C)CC. The van der Waals surface area contributed by atoms with E-state index in [0.717, 1.165) is 108 Å². The maximum Gasteiger partial charge on any atom is 0.472 e. The molecule has 0 radical (unpaired) electrons. The first-order chi connectivity index (χ1) is 53.8. The highest BCUT2D eigenvalue weighted by Crippen LogP contribution is 2.45. The van der Waals surface area contributed by atoms with Gasteiger partial charge in [0.05, 0.1) is 26.4 Å². The van der Waals surface area contributed by atoms with Crippen LogP contribution in [0.5, 0.6) is 0 Å². The molecular formula is C92H180O17P2. The van der Waals surface area contributed by atoms with E-state index in [1.165, 1.54) is 302 Å². The van der Waals surface area contributed by atoms with Crippen molar-refractivity contribution in [2.45, 2.75) is 510 Å². The summed E-state index contributed by atoms with van der Waals surface area (Å²) in [5.41, 5.74) is 0. The zero-order valence-corrected chi connectivity index (χ0v) is 75.2. The van der Waals surface area contributed by atoms with Crippen LogP contribution in [-0.2, 0) is 65.4 Å². The molecule has 0 saturated heterocycles. The molecule has 0 aliphatic rings. The van der Waals surface area contributed by atoms with Crippen LogP contribution in [0.3, 0.4) is 0 Å². The molecule has 0 aliphatic carbocycles. The summed E-state index contributed by atoms with van der Waals surface area (Å²) in [6.07, 6.45) is 75.0. The molecule has 0 aromatic rings. The third kappa shape index (κ3) is 82.9. The Morgan fingerprint density at radius 1 is 0.261 bits per heavy atom. The predicted molar refractivity (Wildman–Crippen MR) is 460 cm³/mol. The Morgan fingerprint density at radius 3 is 0.685 bits per heavy atom. The van der Waals surface area contributed by atoms with Crippen molar-refractivity contribution in [1.29, 1.82) is 0 Å². The van der Waals surface area contributed by atoms with Crippen molar-refractivity contribution in [3.8, 4) is 0 Å². The molecule has 0 spiro atoms. The summed E-state index contributed by atoms with van der Waals surface area (Å²) >= 11 is 0. The number of hydrogen-bond donors (Lipinski definition) is 3. The minimum Gasteiger partial charge on any atom is -0.462 e. The van der Waals surface area contributed by atoms with Crippen LogP contribution in [0.2, 0.25) is 0 Å². The number of hydrogen-bond acceptors (Lipinski definition) is 15. The number of phosphoric acid groups is 2. The van der Waals surface area contributed by atoms with Crippen molar-refractivity contribution < 1.29 is 80.2 Å². The molecule has 0 amide bonds. The van der Waals surface area contributed by atoms with Gasteiger partial charge in [-0.25, -0.2) is 9.13 Å². The van der Waals surface area contributed by atoms with Crippen LogP contribution < -0.4 is 0 Å². The number of esters is 4. The fourth-order valence-electron chi connectivity index (χ4n) is 14.4. The van der Waals surface area contributed by atoms with Crippen LogP contribution in [0.4, 0.5) is 0 Å². The molecule has 0 saturated carbocycles. The summed E-state index contributed by atoms with van der Waals surface area (Å²) in [5, 5.41) is 10.7. The van der Waals surface area contributed by atoms with Gasteiger partial charge in [-0.2, -0.15) is 0 Å². The number of ether oxygens (including phenoxy) is 4. The first-order valence-corrected chi connectivity index (χ1v) is 50.4. The van der Waals surface area contributed by atoms with Crippen LogP contribution in [-0.4, -0.2) is 96.7 Å². The van der Waals surface area contributed by atoms with E-state index in [4.69, 9.17) is 37.0 Å². The average Bonchev–Trinajstić information content (AvgIpc) is 0.900. The molecule has 0 aliphatic heterocycles. The molecule has 0 rings (SSSR count). The monoisotopic (exact) mass is 1620 g/mol. The molecule has 660 valence electrons. The highest BCUT2D eigenvalue weighted by Gasteiger charge is 2.31. The molecule has 111 heavy (non-hydrogen) atoms. The number of phosphoric ester groups is 2. The van der Waals surface area contributed by atoms with Gasteiger partial charge in [-0.05, 0) is 43.4 Å². The molecule has 17 nitrogen and oxygen atoms in total. The summed E-state index contributed by atoms with van der Waals surface area (Å²) in [7, 11) is -9.94. The Balaban J connectivity index is 5.25. The van der Waals surface area contributed by atoms with Crippen molar-refractivity contribution in [2.24, 2.45) is 17.8 Å². The van der Waals surface area contributed by atoms with Crippen molar-refractivity contribution in [1.82, 2.24) is 0 Å². The summed E-state index contributed by atoms with van der Waals surface area (Å²) in [5.74, 6) is 0.336. The lowest BCUT2D eigenvalue weighted by atomic mass is 9.99. The molecule has 0 bridgehead atoms. The second-order valence-electron chi connectivity index (χ2n) is 34.0. The van der Waals surface area contributed by atoms with Crippen LogP contribution in [0, 0.1) is 17.8 Å². The minimum absolute atomic E-state index is 0.107. The van der Waals surface area contributed by atoms with Crippen LogP contribution in [0.25, 0.3) is 0 Å². The van der Waals surface area contributed by atoms with Gasteiger partial charge in [-0.15, -0.1) is 0 Å². The van der Waals surface area contributed by atoms with E-state index >= 15 is 0 Å². The predicted octanol–water partition coefficient (Wildman–Crippen LogP) is 28.4. The summed E-state index contributed by atoms with van der Waals surface area (Å²) in [6.45, 7) is 12.1. The molecule has 4 unspecified atom stereocenters. The highest BCUT2D eigenvalue weighted by atomic mass is 31.2. The van der Waals surface area contributed by atoms with Crippen molar-refractivity contribution >= 4 is 39.5 Å². The van der Waals surface area contributed by atoms with E-state index in [1.54, 1.807) is 0 Å². The number of carbonyl (C=O) groups excluding carboxylic acids is 4. The number of rotatable bonds is 90. The molecule has 3 N–H and O–H groups in total. The quantitative estimate of drug-likeness (QED) is 0.0222. The van der Waals surface area contributed by atoms with Gasteiger partial charge < -0.3 is 33.8 Å². The molecule has 0 fully saturated rings. The molecule has 19 heteroatoms. The Morgan fingerprint density at radius 2 is 0.459 bits per heavy atom. The largest absolute Gasteiger partial charge is 0.472 e. The van der Waals surface area contributed by atoms with Gasteiger partial charge in [0.15, 0.2) is 12.2 Å². The Bertz CT molecular complexity index is 2130. The van der Waals surface area contributed by atoms with Gasteiger partial charge in [0, 0.05) is 25.7 Å². The van der Waals surface area contributed by atoms with Gasteiger partial charge in [0.1, 0.15) is 19.3 Å². The average molecular weight is 1620 g/mol. The van der Waals surface area contributed by atoms with Crippen LogP contribution in [0.1, 0.15) is 492 Å². The molecule has 0 aromatic carbocycles. The normalized spacial score (nSPS) is 14.3. The number of aliphatic hydroxyl groups is 1. The third-order valence-electron chi connectivity index (χ3n) is 22.4. The Hall–Kier alpha value is -1.94. The lowest BCUT2D eigenvalue weighted by Crippen LogP contribution is -2.30. The van der Waals surface area contributed by atoms with E-state index in [2.05, 4.69) is 48.5 Å². The van der Waals surface area contributed by atoms with Crippen LogP contribution in [0.15, 0.2) is 0 Å². The smallest absolute Gasteiger partial charge is 0.462 e. The first-order valence-electron chi connectivity index (χ1n) is 47.4. The second-order valence-corrected chi connectivity index (χ2v) is 36.9. The zero-order chi connectivity index (χ0) is 81.5. The maximum atomic E-state index is 13.2. The maximum absolute atomic E-state index is 13.2. The third-order valence-corrected chi connectivity index (χ3v) is 24.3. The fourth-order valence-corrected chi connectivity index (χ4v) is 15.9. The molecular weight excluding hydrogens is 1440 g/mol. The van der Waals surface area contributed by atoms with Gasteiger partial charge in [0.25, 0.3) is 0 Å². The van der Waals surface area contributed by atoms with E-state index < -0.39 is 97.5 Å². The fraction of sp³-hybridized carbons (Fsp3) is 0.957. The van der Waals surface area contributed by atoms with Crippen LogP contribution >= 0.6 is 15.6 Å². The van der Waals surface area contributed by atoms with Gasteiger partial charge >= 0.3 is 39.5 Å². The lowest BCUT2D eigenvalue weighted by Gasteiger charge is -2.21. The second kappa shape index (κ2) is 81.8. The number of carbonyl (C=O) groups is 4. The van der Waals surface area contributed by atoms with E-state index in [0.29, 0.717) is 25.7 Å². The summed E-state index contributed by atoms with van der Waals surface area (Å²) in [6, 6.07) is 0. The molecule has 7 atom stereocenters. The van der Waals surface area contributed by atoms with Gasteiger partial charge in [0.2, 0.25) is 0 Å². The molecule has 0 aromatic heterocycles. The lowest BCUT2D eigenvalue weighted by molar-refractivity contribution is -0.161. The molecule has 0 heterocycles. The Kier molecular flexibility index (Phi) is 80.4. The van der Waals surface area contributed by atoms with Crippen molar-refractivity contribution in [3.63, 3.8) is 0 Å². The number of unbranched alkanes of at least 4 members (excludes halogenated alkanes) is 56. The highest BCUT2D eigenvalue weighted by molar-refractivity contribution is 7.47. The van der Waals surface area contributed by atoms with E-state index in [-0.39, 0.29) is 25.7 Å². The zero-order valence-electron chi connectivity index (χ0n) is 73.4. The van der Waals surface area contributed by atoms with Crippen molar-refractivity contribution in [2.75, 3.05) is 39.6 Å². The standard InChI is InChI=1S/C92H180O17P2/c1-8-11-12-13-14-15-16-17-18-19-20-21-22-26-29-34-39-44-52-59-66-73-89(94)102-79-87(108-91(96)75-68-61-54-45-40-35-30-27-24-23-25-28-33-38-43-50-57-64-71-84(6)9-2)81-106-110(98,99)104-77-86(93)78-105-111(100,101)107-82-88(80-103-90(95)74-67-60-53-48-47-51-58-65-72-85(7)10-3)109-92(97)76-69-62-55-46-41-36-31-32-37-42-49-56-63-70-83(4)5/h83-88,93H,8-82H2,1-7H3,(H,98,99)(H,100,101)/t84?,85?,86-,87-,88-/m1/s1. The minimum atomic E-state index is -4.97. The number of aliphatic hydroxyl groups excluding tert-OH is 1. The van der Waals surface area contributed by atoms with E-state index in [9.17, 15) is 43.2 Å². The topological polar surface area (TPSA) is 237 Å². The Labute approximate surface area is 683 Å².